The summed E-state index contributed by atoms with van der Waals surface area (Å²) in [6.45, 7) is 10.3. The number of carbonyl (C=O) groups is 3. The van der Waals surface area contributed by atoms with Crippen molar-refractivity contribution in [3.8, 4) is 0 Å². The maximum Gasteiger partial charge on any atom is 0.416 e. The van der Waals surface area contributed by atoms with Gasteiger partial charge in [0.2, 0.25) is 0 Å². The van der Waals surface area contributed by atoms with Gasteiger partial charge in [0, 0.05) is 13.2 Å². The zero-order chi connectivity index (χ0) is 27.2. The highest BCUT2D eigenvalue weighted by atomic mass is 16.7. The summed E-state index contributed by atoms with van der Waals surface area (Å²) >= 11 is 0. The number of hydrogen-bond acceptors (Lipinski definition) is 8. The lowest BCUT2D eigenvalue weighted by Gasteiger charge is -2.44. The van der Waals surface area contributed by atoms with Crippen molar-refractivity contribution in [2.24, 2.45) is 0 Å². The van der Waals surface area contributed by atoms with Crippen LogP contribution in [0.1, 0.15) is 60.5 Å². The van der Waals surface area contributed by atoms with Crippen LogP contribution in [0.25, 0.3) is 0 Å². The third-order valence-corrected chi connectivity index (χ3v) is 7.24. The zero-order valence-corrected chi connectivity index (χ0v) is 22.5. The SMILES string of the molecule is C=CCOC(=O)N1c2cc(C)c(C)cc2C(=O)N2CC[C@@H](OCC(=O)OCC)C[C@H]2C1OC1CCCCO1. The van der Waals surface area contributed by atoms with Crippen molar-refractivity contribution in [3.05, 3.63) is 41.5 Å². The average molecular weight is 531 g/mol. The quantitative estimate of drug-likeness (QED) is 0.369. The molecule has 3 aliphatic heterocycles. The first-order valence-corrected chi connectivity index (χ1v) is 13.4. The summed E-state index contributed by atoms with van der Waals surface area (Å²) in [7, 11) is 0. The van der Waals surface area contributed by atoms with Gasteiger partial charge in [-0.15, -0.1) is 0 Å². The second-order valence-electron chi connectivity index (χ2n) is 9.84. The number of fused-ring (bicyclic) bond motifs is 2. The Morgan fingerprint density at radius 3 is 2.66 bits per heavy atom. The number of amides is 2. The van der Waals surface area contributed by atoms with Crippen LogP contribution in [-0.2, 0) is 28.5 Å². The maximum absolute atomic E-state index is 13.9. The molecule has 3 heterocycles. The van der Waals surface area contributed by atoms with Gasteiger partial charge in [0.25, 0.3) is 5.91 Å². The van der Waals surface area contributed by atoms with E-state index in [4.69, 9.17) is 23.7 Å². The summed E-state index contributed by atoms with van der Waals surface area (Å²) in [6, 6.07) is 3.10. The predicted molar refractivity (Wildman–Crippen MR) is 139 cm³/mol. The Morgan fingerprint density at radius 1 is 1.16 bits per heavy atom. The second kappa shape index (κ2) is 12.7. The highest BCUT2D eigenvalue weighted by molar-refractivity contribution is 6.05. The minimum absolute atomic E-state index is 0.00968. The normalized spacial score (nSPS) is 25.2. The molecule has 1 aromatic rings. The summed E-state index contributed by atoms with van der Waals surface area (Å²) in [4.78, 5) is 42.7. The van der Waals surface area contributed by atoms with E-state index in [2.05, 4.69) is 6.58 Å². The van der Waals surface area contributed by atoms with Gasteiger partial charge in [-0.2, -0.15) is 0 Å². The lowest BCUT2D eigenvalue weighted by atomic mass is 9.97. The largest absolute Gasteiger partial charge is 0.464 e. The van der Waals surface area contributed by atoms with Crippen molar-refractivity contribution in [1.82, 2.24) is 4.90 Å². The summed E-state index contributed by atoms with van der Waals surface area (Å²) in [6.07, 6.45) is 2.55. The molecular formula is C28H38N2O8. The highest BCUT2D eigenvalue weighted by Gasteiger charge is 2.48. The van der Waals surface area contributed by atoms with Crippen LogP contribution in [0.15, 0.2) is 24.8 Å². The van der Waals surface area contributed by atoms with E-state index in [1.165, 1.54) is 11.0 Å². The number of anilines is 1. The predicted octanol–water partition coefficient (Wildman–Crippen LogP) is 3.87. The monoisotopic (exact) mass is 530 g/mol. The molecule has 4 rings (SSSR count). The molecule has 0 saturated carbocycles. The first-order chi connectivity index (χ1) is 18.3. The topological polar surface area (TPSA) is 104 Å². The first kappa shape index (κ1) is 28.1. The van der Waals surface area contributed by atoms with E-state index < -0.39 is 30.6 Å². The number of benzene rings is 1. The Hall–Kier alpha value is -2.95. The fraction of sp³-hybridized carbons (Fsp3) is 0.607. The van der Waals surface area contributed by atoms with Crippen LogP contribution in [-0.4, -0.2) is 80.5 Å². The van der Waals surface area contributed by atoms with Gasteiger partial charge in [-0.1, -0.05) is 12.7 Å². The van der Waals surface area contributed by atoms with E-state index in [0.717, 1.165) is 24.0 Å². The van der Waals surface area contributed by atoms with Gasteiger partial charge in [-0.3, -0.25) is 4.79 Å². The van der Waals surface area contributed by atoms with Crippen molar-refractivity contribution < 1.29 is 38.1 Å². The molecule has 0 bridgehead atoms. The molecule has 0 aliphatic carbocycles. The lowest BCUT2D eigenvalue weighted by Crippen LogP contribution is -2.59. The van der Waals surface area contributed by atoms with Crippen LogP contribution in [0.3, 0.4) is 0 Å². The molecule has 0 spiro atoms. The Morgan fingerprint density at radius 2 is 1.95 bits per heavy atom. The molecule has 1 aromatic carbocycles. The lowest BCUT2D eigenvalue weighted by molar-refractivity contribution is -0.202. The fourth-order valence-corrected chi connectivity index (χ4v) is 5.19. The van der Waals surface area contributed by atoms with Crippen molar-refractivity contribution in [3.63, 3.8) is 0 Å². The molecule has 2 unspecified atom stereocenters. The van der Waals surface area contributed by atoms with Gasteiger partial charge < -0.3 is 28.6 Å². The summed E-state index contributed by atoms with van der Waals surface area (Å²) in [5.41, 5.74) is 2.72. The maximum atomic E-state index is 13.9. The molecule has 38 heavy (non-hydrogen) atoms. The molecule has 10 heteroatoms. The third-order valence-electron chi connectivity index (χ3n) is 7.24. The van der Waals surface area contributed by atoms with Crippen molar-refractivity contribution in [2.45, 2.75) is 77.5 Å². The number of hydrogen-bond donors (Lipinski definition) is 0. The molecule has 2 amide bonds. The van der Waals surface area contributed by atoms with Crippen LogP contribution in [0.4, 0.5) is 10.5 Å². The van der Waals surface area contributed by atoms with Gasteiger partial charge in [0.05, 0.1) is 30.0 Å². The zero-order valence-electron chi connectivity index (χ0n) is 22.5. The van der Waals surface area contributed by atoms with Crippen LogP contribution >= 0.6 is 0 Å². The van der Waals surface area contributed by atoms with Gasteiger partial charge in [-0.05, 0) is 76.1 Å². The van der Waals surface area contributed by atoms with Gasteiger partial charge in [0.1, 0.15) is 13.2 Å². The molecule has 3 aliphatic rings. The first-order valence-electron chi connectivity index (χ1n) is 13.4. The number of piperidine rings is 1. The fourth-order valence-electron chi connectivity index (χ4n) is 5.19. The van der Waals surface area contributed by atoms with Gasteiger partial charge in [0.15, 0.2) is 12.5 Å². The number of nitrogens with zero attached hydrogens (tertiary/aromatic N) is 2. The molecule has 10 nitrogen and oxygen atoms in total. The molecule has 4 atom stereocenters. The molecular weight excluding hydrogens is 492 g/mol. The van der Waals surface area contributed by atoms with Gasteiger partial charge in [-0.25, -0.2) is 14.5 Å². The Labute approximate surface area is 223 Å². The van der Waals surface area contributed by atoms with E-state index >= 15 is 0 Å². The van der Waals surface area contributed by atoms with E-state index in [1.807, 2.05) is 26.0 Å². The van der Waals surface area contributed by atoms with Crippen molar-refractivity contribution >= 4 is 23.7 Å². The van der Waals surface area contributed by atoms with E-state index in [-0.39, 0.29) is 31.8 Å². The number of ether oxygens (including phenoxy) is 5. The third kappa shape index (κ3) is 6.19. The number of esters is 1. The van der Waals surface area contributed by atoms with E-state index in [1.54, 1.807) is 11.8 Å². The Bertz CT molecular complexity index is 1040. The van der Waals surface area contributed by atoms with Crippen LogP contribution in [0.5, 0.6) is 0 Å². The second-order valence-corrected chi connectivity index (χ2v) is 9.84. The van der Waals surface area contributed by atoms with Crippen molar-refractivity contribution in [1.29, 1.82) is 0 Å². The number of rotatable bonds is 8. The minimum Gasteiger partial charge on any atom is -0.464 e. The average Bonchev–Trinajstić information content (AvgIpc) is 3.00. The van der Waals surface area contributed by atoms with Crippen molar-refractivity contribution in [2.75, 3.05) is 37.9 Å². The molecule has 0 aromatic heterocycles. The Kier molecular flexibility index (Phi) is 9.40. The molecule has 0 N–H and O–H groups in total. The molecule has 0 radical (unpaired) electrons. The van der Waals surface area contributed by atoms with E-state index in [0.29, 0.717) is 43.7 Å². The summed E-state index contributed by atoms with van der Waals surface area (Å²) in [5, 5.41) is 0. The van der Waals surface area contributed by atoms with Crippen LogP contribution in [0.2, 0.25) is 0 Å². The highest BCUT2D eigenvalue weighted by Crippen LogP contribution is 2.38. The van der Waals surface area contributed by atoms with E-state index in [9.17, 15) is 14.4 Å². The number of carbonyl (C=O) groups excluding carboxylic acids is 3. The van der Waals surface area contributed by atoms with Crippen LogP contribution < -0.4 is 4.90 Å². The molecule has 2 saturated heterocycles. The molecule has 2 fully saturated rings. The Balaban J connectivity index is 1.74. The molecule has 208 valence electrons. The number of aryl methyl sites for hydroxylation is 2. The van der Waals surface area contributed by atoms with Gasteiger partial charge >= 0.3 is 12.1 Å². The summed E-state index contributed by atoms with van der Waals surface area (Å²) in [5.74, 6) is -0.627. The van der Waals surface area contributed by atoms with Crippen LogP contribution in [0, 0.1) is 13.8 Å². The standard InChI is InChI=1S/C28H38N2O8/c1-5-12-36-28(33)30-22-15-19(4)18(3)14-21(22)26(32)29-11-10-20(37-17-24(31)34-6-2)16-23(29)27(30)38-25-9-7-8-13-35-25/h5,14-15,20,23,25,27H,1,6-13,16-17H2,2-4H3/t20-,23+,25?,27?/m1/s1. The smallest absolute Gasteiger partial charge is 0.416 e. The minimum atomic E-state index is -0.892. The summed E-state index contributed by atoms with van der Waals surface area (Å²) < 4.78 is 28.8.